The molecule has 0 saturated carbocycles. The molecule has 0 spiro atoms. The molecule has 0 unspecified atom stereocenters. The summed E-state index contributed by atoms with van der Waals surface area (Å²) in [6.45, 7) is 0.965. The van der Waals surface area contributed by atoms with E-state index in [1.165, 1.54) is 5.56 Å². The topological polar surface area (TPSA) is 29.3 Å². The molecule has 0 heterocycles. The second-order valence-electron chi connectivity index (χ2n) is 4.05. The number of hydrogen-bond donors (Lipinski definition) is 1. The highest BCUT2D eigenvalue weighted by molar-refractivity contribution is 5.14. The quantitative estimate of drug-likeness (QED) is 0.766. The van der Waals surface area contributed by atoms with Crippen molar-refractivity contribution < 1.29 is 0 Å². The first-order valence-electron chi connectivity index (χ1n) is 5.12. The highest BCUT2D eigenvalue weighted by Gasteiger charge is 2.03. The van der Waals surface area contributed by atoms with Crippen LogP contribution < -0.4 is 5.73 Å². The van der Waals surface area contributed by atoms with Gasteiger partial charge in [0.15, 0.2) is 0 Å². The third-order valence-electron chi connectivity index (χ3n) is 2.25. The van der Waals surface area contributed by atoms with Crippen molar-refractivity contribution >= 4 is 0 Å². The summed E-state index contributed by atoms with van der Waals surface area (Å²) in [5.41, 5.74) is 7.36. The Bertz CT molecular complexity index is 244. The average molecular weight is 192 g/mol. The Hall–Kier alpha value is -0.860. The van der Waals surface area contributed by atoms with Crippen molar-refractivity contribution in [2.24, 2.45) is 5.73 Å². The number of rotatable bonds is 5. The SMILES string of the molecule is CN(C)C[C@@H](N)CCc1ccccc1. The zero-order valence-corrected chi connectivity index (χ0v) is 9.11. The Balaban J connectivity index is 2.27. The van der Waals surface area contributed by atoms with Crippen molar-refractivity contribution in [1.29, 1.82) is 0 Å². The summed E-state index contributed by atoms with van der Waals surface area (Å²) in [7, 11) is 4.12. The van der Waals surface area contributed by atoms with Gasteiger partial charge in [-0.2, -0.15) is 0 Å². The fraction of sp³-hybridized carbons (Fsp3) is 0.500. The Kier molecular flexibility index (Phi) is 4.63. The molecule has 1 aromatic carbocycles. The van der Waals surface area contributed by atoms with Crippen molar-refractivity contribution in [3.63, 3.8) is 0 Å². The highest BCUT2D eigenvalue weighted by Crippen LogP contribution is 2.04. The van der Waals surface area contributed by atoms with E-state index in [1.807, 2.05) is 6.07 Å². The Morgan fingerprint density at radius 1 is 1.21 bits per heavy atom. The van der Waals surface area contributed by atoms with Gasteiger partial charge in [-0.15, -0.1) is 0 Å². The van der Waals surface area contributed by atoms with Crippen LogP contribution in [0.1, 0.15) is 12.0 Å². The van der Waals surface area contributed by atoms with Gasteiger partial charge in [-0.1, -0.05) is 30.3 Å². The van der Waals surface area contributed by atoms with Gasteiger partial charge >= 0.3 is 0 Å². The number of nitrogens with two attached hydrogens (primary N) is 1. The minimum absolute atomic E-state index is 0.283. The van der Waals surface area contributed by atoms with Crippen LogP contribution in [0.25, 0.3) is 0 Å². The summed E-state index contributed by atoms with van der Waals surface area (Å²) < 4.78 is 0. The Labute approximate surface area is 86.7 Å². The van der Waals surface area contributed by atoms with Crippen LogP contribution >= 0.6 is 0 Å². The standard InChI is InChI=1S/C12H20N2/c1-14(2)10-12(13)9-8-11-6-4-3-5-7-11/h3-7,12H,8-10,13H2,1-2H3/t12-/m0/s1. The van der Waals surface area contributed by atoms with Crippen molar-refractivity contribution in [2.45, 2.75) is 18.9 Å². The van der Waals surface area contributed by atoms with Crippen molar-refractivity contribution in [1.82, 2.24) is 4.90 Å². The predicted octanol–water partition coefficient (Wildman–Crippen LogP) is 1.51. The smallest absolute Gasteiger partial charge is 0.0170 e. The molecule has 2 heteroatoms. The van der Waals surface area contributed by atoms with Gasteiger partial charge < -0.3 is 10.6 Å². The molecule has 0 fully saturated rings. The molecule has 78 valence electrons. The Morgan fingerprint density at radius 3 is 2.43 bits per heavy atom. The van der Waals surface area contributed by atoms with Gasteiger partial charge in [0, 0.05) is 12.6 Å². The molecular weight excluding hydrogens is 172 g/mol. The monoisotopic (exact) mass is 192 g/mol. The van der Waals surface area contributed by atoms with Gasteiger partial charge in [0.2, 0.25) is 0 Å². The molecule has 0 amide bonds. The van der Waals surface area contributed by atoms with Gasteiger partial charge in [0.05, 0.1) is 0 Å². The number of aryl methyl sites for hydroxylation is 1. The maximum atomic E-state index is 5.98. The van der Waals surface area contributed by atoms with Crippen LogP contribution in [0.5, 0.6) is 0 Å². The third kappa shape index (κ3) is 4.40. The lowest BCUT2D eigenvalue weighted by Crippen LogP contribution is -2.33. The molecule has 0 aliphatic carbocycles. The van der Waals surface area contributed by atoms with E-state index in [4.69, 9.17) is 5.73 Å². The van der Waals surface area contributed by atoms with E-state index in [-0.39, 0.29) is 6.04 Å². The predicted molar refractivity (Wildman–Crippen MR) is 61.3 cm³/mol. The Morgan fingerprint density at radius 2 is 1.86 bits per heavy atom. The second-order valence-corrected chi connectivity index (χ2v) is 4.05. The van der Waals surface area contributed by atoms with E-state index in [1.54, 1.807) is 0 Å². The van der Waals surface area contributed by atoms with Crippen molar-refractivity contribution in [2.75, 3.05) is 20.6 Å². The fourth-order valence-corrected chi connectivity index (χ4v) is 1.56. The van der Waals surface area contributed by atoms with Crippen molar-refractivity contribution in [3.05, 3.63) is 35.9 Å². The molecule has 14 heavy (non-hydrogen) atoms. The number of hydrogen-bond acceptors (Lipinski definition) is 2. The largest absolute Gasteiger partial charge is 0.327 e. The number of benzene rings is 1. The third-order valence-corrected chi connectivity index (χ3v) is 2.25. The fourth-order valence-electron chi connectivity index (χ4n) is 1.56. The average Bonchev–Trinajstić information content (AvgIpc) is 2.15. The molecule has 2 N–H and O–H groups in total. The maximum Gasteiger partial charge on any atom is 0.0170 e. The van der Waals surface area contributed by atoms with Gasteiger partial charge in [0.1, 0.15) is 0 Å². The molecule has 0 saturated heterocycles. The van der Waals surface area contributed by atoms with E-state index in [0.717, 1.165) is 19.4 Å². The lowest BCUT2D eigenvalue weighted by Gasteiger charge is -2.16. The first-order valence-corrected chi connectivity index (χ1v) is 5.12. The van der Waals surface area contributed by atoms with E-state index < -0.39 is 0 Å². The first kappa shape index (κ1) is 11.2. The van der Waals surface area contributed by atoms with E-state index in [0.29, 0.717) is 0 Å². The van der Waals surface area contributed by atoms with Gasteiger partial charge in [-0.3, -0.25) is 0 Å². The van der Waals surface area contributed by atoms with Crippen LogP contribution in [0.2, 0.25) is 0 Å². The number of nitrogens with zero attached hydrogens (tertiary/aromatic N) is 1. The van der Waals surface area contributed by atoms with E-state index in [9.17, 15) is 0 Å². The summed E-state index contributed by atoms with van der Waals surface area (Å²) in [4.78, 5) is 2.13. The van der Waals surface area contributed by atoms with Gasteiger partial charge in [0.25, 0.3) is 0 Å². The van der Waals surface area contributed by atoms with Crippen LogP contribution in [0.15, 0.2) is 30.3 Å². The normalized spacial score (nSPS) is 13.1. The molecule has 0 aliphatic heterocycles. The summed E-state index contributed by atoms with van der Waals surface area (Å²) in [5, 5.41) is 0. The van der Waals surface area contributed by atoms with Crippen LogP contribution in [-0.4, -0.2) is 31.6 Å². The molecule has 0 radical (unpaired) electrons. The summed E-state index contributed by atoms with van der Waals surface area (Å²) in [6, 6.07) is 10.8. The van der Waals surface area contributed by atoms with E-state index >= 15 is 0 Å². The van der Waals surface area contributed by atoms with E-state index in [2.05, 4.69) is 43.3 Å². The molecule has 1 atom stereocenters. The lowest BCUT2D eigenvalue weighted by molar-refractivity contribution is 0.363. The maximum absolute atomic E-state index is 5.98. The van der Waals surface area contributed by atoms with Gasteiger partial charge in [-0.05, 0) is 32.5 Å². The summed E-state index contributed by atoms with van der Waals surface area (Å²) in [6.07, 6.45) is 2.14. The molecular formula is C12H20N2. The summed E-state index contributed by atoms with van der Waals surface area (Å²) in [5.74, 6) is 0. The van der Waals surface area contributed by atoms with Crippen LogP contribution in [0, 0.1) is 0 Å². The zero-order valence-electron chi connectivity index (χ0n) is 9.11. The molecule has 1 rings (SSSR count). The molecule has 2 nitrogen and oxygen atoms in total. The zero-order chi connectivity index (χ0) is 10.4. The van der Waals surface area contributed by atoms with Crippen LogP contribution in [0.4, 0.5) is 0 Å². The number of likely N-dealkylation sites (N-methyl/N-ethyl adjacent to an activating group) is 1. The molecule has 1 aromatic rings. The van der Waals surface area contributed by atoms with Crippen LogP contribution in [0.3, 0.4) is 0 Å². The molecule has 0 aromatic heterocycles. The van der Waals surface area contributed by atoms with Gasteiger partial charge in [-0.25, -0.2) is 0 Å². The first-order chi connectivity index (χ1) is 6.68. The minimum atomic E-state index is 0.283. The highest BCUT2D eigenvalue weighted by atomic mass is 15.1. The molecule has 0 bridgehead atoms. The van der Waals surface area contributed by atoms with Crippen LogP contribution in [-0.2, 0) is 6.42 Å². The lowest BCUT2D eigenvalue weighted by atomic mass is 10.1. The second kappa shape index (κ2) is 5.78. The van der Waals surface area contributed by atoms with Crippen molar-refractivity contribution in [3.8, 4) is 0 Å². The minimum Gasteiger partial charge on any atom is -0.327 e. The molecule has 0 aliphatic rings. The summed E-state index contributed by atoms with van der Waals surface area (Å²) >= 11 is 0.